The van der Waals surface area contributed by atoms with Gasteiger partial charge < -0.3 is 9.47 Å². The number of carbonyl (C=O) groups is 2. The van der Waals surface area contributed by atoms with Gasteiger partial charge in [-0.2, -0.15) is 0 Å². The van der Waals surface area contributed by atoms with E-state index >= 15 is 0 Å². The number of benzene rings is 2. The van der Waals surface area contributed by atoms with Crippen LogP contribution in [0.2, 0.25) is 10.0 Å². The van der Waals surface area contributed by atoms with E-state index in [9.17, 15) is 9.59 Å². The summed E-state index contributed by atoms with van der Waals surface area (Å²) >= 11 is 12.8. The minimum Gasteiger partial charge on any atom is -0.497 e. The molecule has 27 heavy (non-hydrogen) atoms. The first-order valence-corrected chi connectivity index (χ1v) is 9.41. The Morgan fingerprint density at radius 2 is 1.67 bits per heavy atom. The molecule has 0 radical (unpaired) electrons. The molecule has 1 aliphatic rings. The lowest BCUT2D eigenvalue weighted by atomic mass is 10.1. The van der Waals surface area contributed by atoms with Crippen LogP contribution in [0.3, 0.4) is 0 Å². The molecular formula is C19H15Cl2NO4S. The zero-order valence-electron chi connectivity index (χ0n) is 14.5. The third-order valence-corrected chi connectivity index (χ3v) is 5.52. The molecule has 0 aromatic heterocycles. The summed E-state index contributed by atoms with van der Waals surface area (Å²) in [5.74, 6) is 0.823. The summed E-state index contributed by atoms with van der Waals surface area (Å²) < 4.78 is 10.5. The Balaban J connectivity index is 1.85. The molecule has 0 bridgehead atoms. The maximum Gasteiger partial charge on any atom is 0.293 e. The highest BCUT2D eigenvalue weighted by Gasteiger charge is 2.35. The van der Waals surface area contributed by atoms with Crippen LogP contribution in [-0.4, -0.2) is 30.3 Å². The molecule has 140 valence electrons. The number of hydrogen-bond acceptors (Lipinski definition) is 5. The number of thioether (sulfide) groups is 1. The van der Waals surface area contributed by atoms with Crippen LogP contribution in [0.4, 0.5) is 4.79 Å². The van der Waals surface area contributed by atoms with Gasteiger partial charge in [0.15, 0.2) is 0 Å². The molecule has 0 spiro atoms. The molecule has 0 saturated carbocycles. The maximum atomic E-state index is 12.7. The van der Waals surface area contributed by atoms with Crippen molar-refractivity contribution in [2.24, 2.45) is 0 Å². The van der Waals surface area contributed by atoms with Crippen LogP contribution in [0.25, 0.3) is 6.08 Å². The number of amides is 2. The molecule has 1 saturated heterocycles. The van der Waals surface area contributed by atoms with Gasteiger partial charge in [0.25, 0.3) is 11.1 Å². The summed E-state index contributed by atoms with van der Waals surface area (Å²) in [6, 6.07) is 10.3. The van der Waals surface area contributed by atoms with E-state index in [1.807, 2.05) is 0 Å². The van der Waals surface area contributed by atoms with E-state index in [2.05, 4.69) is 0 Å². The van der Waals surface area contributed by atoms with Gasteiger partial charge in [-0.3, -0.25) is 14.5 Å². The van der Waals surface area contributed by atoms with Crippen molar-refractivity contribution in [3.63, 3.8) is 0 Å². The van der Waals surface area contributed by atoms with Gasteiger partial charge in [0, 0.05) is 6.07 Å². The number of nitrogens with zero attached hydrogens (tertiary/aromatic N) is 1. The zero-order chi connectivity index (χ0) is 19.6. The lowest BCUT2D eigenvalue weighted by Gasteiger charge is -2.13. The fraction of sp³-hybridized carbons (Fsp3) is 0.158. The predicted molar refractivity (Wildman–Crippen MR) is 108 cm³/mol. The highest BCUT2D eigenvalue weighted by molar-refractivity contribution is 8.18. The minimum atomic E-state index is -0.363. The SMILES string of the molecule is COc1cc(/C=C2/SC(=O)N(Cc3ccc(Cl)c(Cl)c3)C2=O)cc(OC)c1. The second kappa shape index (κ2) is 8.25. The number of halogens is 2. The molecule has 0 unspecified atom stereocenters. The first kappa shape index (κ1) is 19.6. The maximum absolute atomic E-state index is 12.7. The molecule has 2 aromatic carbocycles. The lowest BCUT2D eigenvalue weighted by molar-refractivity contribution is -0.123. The van der Waals surface area contributed by atoms with Crippen molar-refractivity contribution in [2.75, 3.05) is 14.2 Å². The summed E-state index contributed by atoms with van der Waals surface area (Å²) in [5, 5.41) is 0.453. The topological polar surface area (TPSA) is 55.8 Å². The van der Waals surface area contributed by atoms with Crippen molar-refractivity contribution in [1.82, 2.24) is 4.90 Å². The molecule has 1 aliphatic heterocycles. The zero-order valence-corrected chi connectivity index (χ0v) is 16.8. The van der Waals surface area contributed by atoms with Crippen LogP contribution in [0.5, 0.6) is 11.5 Å². The predicted octanol–water partition coefficient (Wildman–Crippen LogP) is 5.25. The molecule has 2 amide bonds. The molecule has 1 fully saturated rings. The van der Waals surface area contributed by atoms with Crippen molar-refractivity contribution >= 4 is 52.2 Å². The molecule has 0 N–H and O–H groups in total. The highest BCUT2D eigenvalue weighted by atomic mass is 35.5. The molecule has 1 heterocycles. The van der Waals surface area contributed by atoms with Crippen LogP contribution in [0, 0.1) is 0 Å². The number of methoxy groups -OCH3 is 2. The van der Waals surface area contributed by atoms with Gasteiger partial charge in [-0.25, -0.2) is 0 Å². The van der Waals surface area contributed by atoms with E-state index in [1.165, 1.54) is 4.90 Å². The quantitative estimate of drug-likeness (QED) is 0.614. The fourth-order valence-corrected chi connectivity index (χ4v) is 3.68. The Bertz CT molecular complexity index is 923. The highest BCUT2D eigenvalue weighted by Crippen LogP contribution is 2.35. The second-order valence-electron chi connectivity index (χ2n) is 5.66. The Hall–Kier alpha value is -2.15. The van der Waals surface area contributed by atoms with Gasteiger partial charge in [-0.05, 0) is 53.2 Å². The van der Waals surface area contributed by atoms with Gasteiger partial charge in [0.1, 0.15) is 11.5 Å². The second-order valence-corrected chi connectivity index (χ2v) is 7.47. The summed E-state index contributed by atoms with van der Waals surface area (Å²) in [5.41, 5.74) is 1.42. The minimum absolute atomic E-state index is 0.125. The molecule has 0 aliphatic carbocycles. The summed E-state index contributed by atoms with van der Waals surface area (Å²) in [6.45, 7) is 0.125. The Kier molecular flexibility index (Phi) is 5.99. The number of hydrogen-bond donors (Lipinski definition) is 0. The van der Waals surface area contributed by atoms with Gasteiger partial charge in [-0.1, -0.05) is 29.3 Å². The third kappa shape index (κ3) is 4.40. The first-order valence-electron chi connectivity index (χ1n) is 7.83. The van der Waals surface area contributed by atoms with Crippen molar-refractivity contribution in [3.8, 4) is 11.5 Å². The number of imide groups is 1. The van der Waals surface area contributed by atoms with Gasteiger partial charge in [0.2, 0.25) is 0 Å². The number of carbonyl (C=O) groups excluding carboxylic acids is 2. The van der Waals surface area contributed by atoms with E-state index in [0.717, 1.165) is 17.3 Å². The Morgan fingerprint density at radius 3 is 2.26 bits per heavy atom. The van der Waals surface area contributed by atoms with Gasteiger partial charge in [-0.15, -0.1) is 0 Å². The fourth-order valence-electron chi connectivity index (χ4n) is 2.52. The summed E-state index contributed by atoms with van der Waals surface area (Å²) in [6.07, 6.45) is 1.64. The standard InChI is InChI=1S/C19H15Cl2NO4S/c1-25-13-5-12(6-14(9-13)26-2)8-17-18(23)22(19(24)27-17)10-11-3-4-15(20)16(21)7-11/h3-9H,10H2,1-2H3/b17-8+. The molecule has 2 aromatic rings. The van der Waals surface area contributed by atoms with Gasteiger partial charge >= 0.3 is 0 Å². The lowest BCUT2D eigenvalue weighted by Crippen LogP contribution is -2.27. The molecule has 3 rings (SSSR count). The number of rotatable bonds is 5. The van der Waals surface area contributed by atoms with Crippen LogP contribution in [-0.2, 0) is 11.3 Å². The molecular weight excluding hydrogens is 409 g/mol. The summed E-state index contributed by atoms with van der Waals surface area (Å²) in [4.78, 5) is 26.5. The first-order chi connectivity index (χ1) is 12.9. The largest absolute Gasteiger partial charge is 0.497 e. The Morgan fingerprint density at radius 1 is 1.00 bits per heavy atom. The Labute approximate surface area is 170 Å². The monoisotopic (exact) mass is 423 g/mol. The third-order valence-electron chi connectivity index (χ3n) is 3.87. The van der Waals surface area contributed by atoms with Crippen molar-refractivity contribution in [3.05, 3.63) is 62.5 Å². The van der Waals surface area contributed by atoms with Crippen LogP contribution >= 0.6 is 35.0 Å². The molecule has 0 atom stereocenters. The van der Waals surface area contributed by atoms with E-state index in [4.69, 9.17) is 32.7 Å². The van der Waals surface area contributed by atoms with E-state index in [1.54, 1.807) is 56.7 Å². The average Bonchev–Trinajstić information content (AvgIpc) is 2.91. The van der Waals surface area contributed by atoms with Gasteiger partial charge in [0.05, 0.1) is 35.7 Å². The average molecular weight is 424 g/mol. The number of ether oxygens (including phenoxy) is 2. The molecule has 8 heteroatoms. The van der Waals surface area contributed by atoms with E-state index in [-0.39, 0.29) is 17.7 Å². The van der Waals surface area contributed by atoms with E-state index in [0.29, 0.717) is 32.0 Å². The summed E-state index contributed by atoms with van der Waals surface area (Å²) in [7, 11) is 3.09. The van der Waals surface area contributed by atoms with Crippen molar-refractivity contribution < 1.29 is 19.1 Å². The van der Waals surface area contributed by atoms with E-state index < -0.39 is 0 Å². The smallest absolute Gasteiger partial charge is 0.293 e. The van der Waals surface area contributed by atoms with Crippen LogP contribution < -0.4 is 9.47 Å². The van der Waals surface area contributed by atoms with Crippen LogP contribution in [0.15, 0.2) is 41.3 Å². The van der Waals surface area contributed by atoms with Crippen molar-refractivity contribution in [2.45, 2.75) is 6.54 Å². The van der Waals surface area contributed by atoms with Crippen LogP contribution in [0.1, 0.15) is 11.1 Å². The molecule has 5 nitrogen and oxygen atoms in total. The van der Waals surface area contributed by atoms with Crippen molar-refractivity contribution in [1.29, 1.82) is 0 Å². The normalized spacial score (nSPS) is 15.6.